The number of rotatable bonds is 5. The molecule has 0 bridgehead atoms. The predicted octanol–water partition coefficient (Wildman–Crippen LogP) is 3.04. The van der Waals surface area contributed by atoms with E-state index in [1.54, 1.807) is 12.1 Å². The number of fused-ring (bicyclic) bond motifs is 2. The highest BCUT2D eigenvalue weighted by atomic mass is 16.5. The molecule has 0 aliphatic rings. The number of carbonyl (C=O) groups is 1. The van der Waals surface area contributed by atoms with Gasteiger partial charge in [-0.05, 0) is 18.2 Å². The molecule has 0 unspecified atom stereocenters. The molecule has 0 aliphatic carbocycles. The Morgan fingerprint density at radius 3 is 2.68 bits per heavy atom. The maximum absolute atomic E-state index is 10.6. The Morgan fingerprint density at radius 2 is 1.91 bits per heavy atom. The predicted molar refractivity (Wildman–Crippen MR) is 82.4 cm³/mol. The van der Waals surface area contributed by atoms with Gasteiger partial charge in [-0.15, -0.1) is 0 Å². The van der Waals surface area contributed by atoms with Gasteiger partial charge in [0.05, 0.1) is 35.1 Å². The minimum atomic E-state index is -0.927. The van der Waals surface area contributed by atoms with Gasteiger partial charge in [0.1, 0.15) is 5.75 Å². The summed E-state index contributed by atoms with van der Waals surface area (Å²) in [6.07, 6.45) is -0.0979. The largest absolute Gasteiger partial charge is 0.492 e. The van der Waals surface area contributed by atoms with Crippen molar-refractivity contribution in [2.45, 2.75) is 6.42 Å². The SMILES string of the molecule is O=C(O)CCOc1cccc2nc3ccccc3c(NO)c12. The summed E-state index contributed by atoms with van der Waals surface area (Å²) in [5.41, 5.74) is 4.11. The minimum Gasteiger partial charge on any atom is -0.492 e. The first-order valence-electron chi connectivity index (χ1n) is 6.77. The molecular weight excluding hydrogens is 284 g/mol. The van der Waals surface area contributed by atoms with Gasteiger partial charge in [-0.25, -0.2) is 4.98 Å². The van der Waals surface area contributed by atoms with Crippen LogP contribution in [0.3, 0.4) is 0 Å². The number of aromatic nitrogens is 1. The molecule has 2 aromatic carbocycles. The lowest BCUT2D eigenvalue weighted by Crippen LogP contribution is -2.05. The Morgan fingerprint density at radius 1 is 1.14 bits per heavy atom. The maximum Gasteiger partial charge on any atom is 0.306 e. The maximum atomic E-state index is 10.6. The van der Waals surface area contributed by atoms with Crippen molar-refractivity contribution in [1.82, 2.24) is 4.98 Å². The van der Waals surface area contributed by atoms with Crippen molar-refractivity contribution >= 4 is 33.5 Å². The number of carboxylic acid groups (broad SMARTS) is 1. The van der Waals surface area contributed by atoms with Gasteiger partial charge < -0.3 is 9.84 Å². The molecule has 1 aromatic heterocycles. The molecule has 22 heavy (non-hydrogen) atoms. The molecule has 0 aliphatic heterocycles. The molecule has 0 atom stereocenters. The van der Waals surface area contributed by atoms with Crippen LogP contribution in [0.4, 0.5) is 5.69 Å². The Kier molecular flexibility index (Phi) is 3.76. The fraction of sp³-hybridized carbons (Fsp3) is 0.125. The van der Waals surface area contributed by atoms with Crippen molar-refractivity contribution in [3.05, 3.63) is 42.5 Å². The summed E-state index contributed by atoms with van der Waals surface area (Å²) >= 11 is 0. The number of anilines is 1. The van der Waals surface area contributed by atoms with Crippen LogP contribution in [0, 0.1) is 0 Å². The zero-order valence-electron chi connectivity index (χ0n) is 11.6. The van der Waals surface area contributed by atoms with Gasteiger partial charge in [0.2, 0.25) is 0 Å². The number of nitrogens with one attached hydrogen (secondary N) is 1. The van der Waals surface area contributed by atoms with E-state index in [-0.39, 0.29) is 13.0 Å². The summed E-state index contributed by atoms with van der Waals surface area (Å²) < 4.78 is 5.55. The molecule has 0 spiro atoms. The number of ether oxygens (including phenoxy) is 1. The number of benzene rings is 2. The van der Waals surface area contributed by atoms with Crippen molar-refractivity contribution < 1.29 is 19.8 Å². The van der Waals surface area contributed by atoms with Crippen molar-refractivity contribution in [2.75, 3.05) is 12.1 Å². The van der Waals surface area contributed by atoms with Crippen molar-refractivity contribution in [3.8, 4) is 5.75 Å². The molecule has 3 aromatic rings. The molecule has 0 saturated heterocycles. The molecule has 3 N–H and O–H groups in total. The fourth-order valence-electron chi connectivity index (χ4n) is 2.40. The second-order valence-corrected chi connectivity index (χ2v) is 4.76. The highest BCUT2D eigenvalue weighted by Crippen LogP contribution is 2.36. The van der Waals surface area contributed by atoms with Crippen LogP contribution in [0.15, 0.2) is 42.5 Å². The summed E-state index contributed by atoms with van der Waals surface area (Å²) in [4.78, 5) is 15.1. The van der Waals surface area contributed by atoms with Gasteiger partial charge in [-0.2, -0.15) is 0 Å². The summed E-state index contributed by atoms with van der Waals surface area (Å²) in [5, 5.41) is 19.6. The third-order valence-corrected chi connectivity index (χ3v) is 3.35. The minimum absolute atomic E-state index is 0.0478. The van der Waals surface area contributed by atoms with E-state index in [9.17, 15) is 10.0 Å². The first-order chi connectivity index (χ1) is 10.7. The van der Waals surface area contributed by atoms with E-state index in [2.05, 4.69) is 10.5 Å². The van der Waals surface area contributed by atoms with E-state index in [0.717, 1.165) is 10.9 Å². The Labute approximate surface area is 125 Å². The molecule has 0 saturated carbocycles. The summed E-state index contributed by atoms with van der Waals surface area (Å²) in [6, 6.07) is 12.7. The summed E-state index contributed by atoms with van der Waals surface area (Å²) in [5.74, 6) is -0.446. The number of pyridine rings is 1. The number of hydrogen-bond donors (Lipinski definition) is 3. The Hall–Kier alpha value is -2.86. The van der Waals surface area contributed by atoms with Gasteiger partial charge in [-0.1, -0.05) is 24.3 Å². The lowest BCUT2D eigenvalue weighted by atomic mass is 10.1. The molecule has 112 valence electrons. The van der Waals surface area contributed by atoms with Gasteiger partial charge >= 0.3 is 5.97 Å². The summed E-state index contributed by atoms with van der Waals surface area (Å²) in [7, 11) is 0. The molecule has 6 nitrogen and oxygen atoms in total. The molecule has 3 rings (SSSR count). The topological polar surface area (TPSA) is 91.7 Å². The van der Waals surface area contributed by atoms with Gasteiger partial charge in [-0.3, -0.25) is 15.5 Å². The third-order valence-electron chi connectivity index (χ3n) is 3.35. The van der Waals surface area contributed by atoms with Crippen LogP contribution in [0.5, 0.6) is 5.75 Å². The second-order valence-electron chi connectivity index (χ2n) is 4.76. The lowest BCUT2D eigenvalue weighted by molar-refractivity contribution is -0.137. The number of aliphatic carboxylic acids is 1. The monoisotopic (exact) mass is 298 g/mol. The molecule has 1 heterocycles. The molecule has 0 radical (unpaired) electrons. The Balaban J connectivity index is 2.17. The van der Waals surface area contributed by atoms with Crippen LogP contribution in [-0.4, -0.2) is 27.9 Å². The normalized spacial score (nSPS) is 10.8. The van der Waals surface area contributed by atoms with Crippen LogP contribution in [0.25, 0.3) is 21.8 Å². The highest BCUT2D eigenvalue weighted by molar-refractivity contribution is 6.09. The number of para-hydroxylation sites is 1. The number of hydrogen-bond acceptors (Lipinski definition) is 5. The van der Waals surface area contributed by atoms with E-state index in [1.807, 2.05) is 30.3 Å². The van der Waals surface area contributed by atoms with E-state index in [0.29, 0.717) is 22.3 Å². The van der Waals surface area contributed by atoms with Crippen LogP contribution in [0.1, 0.15) is 6.42 Å². The van der Waals surface area contributed by atoms with E-state index < -0.39 is 5.97 Å². The van der Waals surface area contributed by atoms with E-state index >= 15 is 0 Å². The van der Waals surface area contributed by atoms with Gasteiger partial charge in [0, 0.05) is 5.39 Å². The van der Waals surface area contributed by atoms with Crippen molar-refractivity contribution in [1.29, 1.82) is 0 Å². The van der Waals surface area contributed by atoms with Crippen molar-refractivity contribution in [2.24, 2.45) is 0 Å². The quantitative estimate of drug-likeness (QED) is 0.495. The smallest absolute Gasteiger partial charge is 0.306 e. The molecular formula is C16H14N2O4. The first kappa shape index (κ1) is 14.1. The van der Waals surface area contributed by atoms with E-state index in [1.165, 1.54) is 0 Å². The number of nitrogens with zero attached hydrogens (tertiary/aromatic N) is 1. The first-order valence-corrected chi connectivity index (χ1v) is 6.77. The third kappa shape index (κ3) is 2.51. The van der Waals surface area contributed by atoms with Gasteiger partial charge in [0.15, 0.2) is 0 Å². The summed E-state index contributed by atoms with van der Waals surface area (Å²) in [6.45, 7) is 0.0478. The second kappa shape index (κ2) is 5.87. The van der Waals surface area contributed by atoms with Crippen LogP contribution >= 0.6 is 0 Å². The zero-order valence-corrected chi connectivity index (χ0v) is 11.6. The van der Waals surface area contributed by atoms with E-state index in [4.69, 9.17) is 9.84 Å². The Bertz CT molecular complexity index is 848. The average Bonchev–Trinajstić information content (AvgIpc) is 2.52. The molecule has 0 amide bonds. The van der Waals surface area contributed by atoms with Crippen LogP contribution in [-0.2, 0) is 4.79 Å². The lowest BCUT2D eigenvalue weighted by Gasteiger charge is -2.13. The molecule has 0 fully saturated rings. The van der Waals surface area contributed by atoms with Gasteiger partial charge in [0.25, 0.3) is 0 Å². The number of carboxylic acids is 1. The van der Waals surface area contributed by atoms with Crippen LogP contribution < -0.4 is 10.2 Å². The van der Waals surface area contributed by atoms with Crippen molar-refractivity contribution in [3.63, 3.8) is 0 Å². The highest BCUT2D eigenvalue weighted by Gasteiger charge is 2.13. The zero-order chi connectivity index (χ0) is 15.5. The molecule has 6 heteroatoms. The van der Waals surface area contributed by atoms with Crippen LogP contribution in [0.2, 0.25) is 0 Å². The standard InChI is InChI=1S/C16H14N2O4/c19-14(20)8-9-22-13-7-3-6-12-15(13)16(18-21)10-4-1-2-5-11(10)17-12/h1-7,21H,8-9H2,(H,17,18)(H,19,20). The average molecular weight is 298 g/mol. The fourth-order valence-corrected chi connectivity index (χ4v) is 2.40.